The molecule has 0 atom stereocenters. The van der Waals surface area contributed by atoms with E-state index in [-0.39, 0.29) is 5.56 Å². The van der Waals surface area contributed by atoms with Crippen LogP contribution in [0.25, 0.3) is 22.6 Å². The maximum atomic E-state index is 13.2. The molecular weight excluding hydrogens is 309 g/mol. The summed E-state index contributed by atoms with van der Waals surface area (Å²) >= 11 is 0. The van der Waals surface area contributed by atoms with Gasteiger partial charge in [-0.1, -0.05) is 18.2 Å². The molecule has 0 amide bonds. The molecule has 1 aromatic carbocycles. The fourth-order valence-corrected chi connectivity index (χ4v) is 2.19. The number of H-pyrrole nitrogens is 2. The van der Waals surface area contributed by atoms with Crippen LogP contribution in [0.5, 0.6) is 0 Å². The van der Waals surface area contributed by atoms with Gasteiger partial charge >= 0.3 is 11.9 Å². The molecular formula is C15H13F3N4O. The van der Waals surface area contributed by atoms with Gasteiger partial charge in [0.15, 0.2) is 5.65 Å². The molecule has 0 aliphatic rings. The Morgan fingerprint density at radius 1 is 1.13 bits per heavy atom. The quantitative estimate of drug-likeness (QED) is 0.761. The number of alkyl halides is 3. The molecule has 0 saturated carbocycles. The third-order valence-corrected chi connectivity index (χ3v) is 3.83. The van der Waals surface area contributed by atoms with Crippen LogP contribution in [0.4, 0.5) is 13.2 Å². The number of rotatable bonds is 2. The maximum Gasteiger partial charge on any atom is 0.397 e. The highest BCUT2D eigenvalue weighted by molar-refractivity contribution is 5.74. The van der Waals surface area contributed by atoms with E-state index in [1.54, 1.807) is 12.1 Å². The Labute approximate surface area is 128 Å². The number of halogens is 3. The van der Waals surface area contributed by atoms with E-state index in [2.05, 4.69) is 19.9 Å². The Kier molecular flexibility index (Phi) is 3.28. The lowest BCUT2D eigenvalue weighted by atomic mass is 9.83. The van der Waals surface area contributed by atoms with Crippen LogP contribution in [0.2, 0.25) is 0 Å². The number of nitrogens with zero attached hydrogens (tertiary/aromatic N) is 2. The highest BCUT2D eigenvalue weighted by Crippen LogP contribution is 2.41. The molecule has 8 heteroatoms. The van der Waals surface area contributed by atoms with E-state index in [1.165, 1.54) is 18.3 Å². The van der Waals surface area contributed by atoms with E-state index in [1.807, 2.05) is 0 Å². The summed E-state index contributed by atoms with van der Waals surface area (Å²) in [6.07, 6.45) is -3.04. The summed E-state index contributed by atoms with van der Waals surface area (Å²) in [4.78, 5) is 24.3. The van der Waals surface area contributed by atoms with Crippen LogP contribution >= 0.6 is 0 Å². The van der Waals surface area contributed by atoms with Crippen molar-refractivity contribution in [1.82, 2.24) is 19.9 Å². The van der Waals surface area contributed by atoms with Gasteiger partial charge in [-0.05, 0) is 25.5 Å². The van der Waals surface area contributed by atoms with Crippen LogP contribution in [-0.4, -0.2) is 26.1 Å². The van der Waals surface area contributed by atoms with Crippen molar-refractivity contribution >= 4 is 11.2 Å². The van der Waals surface area contributed by atoms with Gasteiger partial charge in [-0.25, -0.2) is 9.78 Å². The third-order valence-electron chi connectivity index (χ3n) is 3.83. The van der Waals surface area contributed by atoms with Gasteiger partial charge in [-0.15, -0.1) is 0 Å². The minimum Gasteiger partial charge on any atom is -0.335 e. The smallest absolute Gasteiger partial charge is 0.335 e. The summed E-state index contributed by atoms with van der Waals surface area (Å²) in [5.41, 5.74) is -1.08. The van der Waals surface area contributed by atoms with Gasteiger partial charge < -0.3 is 4.98 Å². The van der Waals surface area contributed by atoms with E-state index in [9.17, 15) is 18.0 Å². The SMILES string of the molecule is CC(C)(c1cccc(-c2nc3[nH]c(=O)ncc3[nH]2)c1)C(F)(F)F. The van der Waals surface area contributed by atoms with Crippen molar-refractivity contribution < 1.29 is 13.2 Å². The molecule has 0 aliphatic carbocycles. The van der Waals surface area contributed by atoms with Crippen molar-refractivity contribution in [3.63, 3.8) is 0 Å². The van der Waals surface area contributed by atoms with Crippen molar-refractivity contribution in [3.05, 3.63) is 46.5 Å². The normalized spacial score (nSPS) is 12.7. The second kappa shape index (κ2) is 4.94. The molecule has 0 aliphatic heterocycles. The molecule has 0 spiro atoms. The summed E-state index contributed by atoms with van der Waals surface area (Å²) in [7, 11) is 0. The average Bonchev–Trinajstić information content (AvgIpc) is 2.89. The maximum absolute atomic E-state index is 13.2. The summed E-state index contributed by atoms with van der Waals surface area (Å²) in [5.74, 6) is 0.364. The number of hydrogen-bond acceptors (Lipinski definition) is 3. The molecule has 2 heterocycles. The molecule has 3 aromatic rings. The first-order chi connectivity index (χ1) is 10.7. The van der Waals surface area contributed by atoms with E-state index in [0.29, 0.717) is 22.6 Å². The first kappa shape index (κ1) is 15.3. The molecule has 0 fully saturated rings. The average molecular weight is 322 g/mol. The third kappa shape index (κ3) is 2.60. The Hall–Kier alpha value is -2.64. The van der Waals surface area contributed by atoms with Crippen LogP contribution in [0.1, 0.15) is 19.4 Å². The first-order valence-corrected chi connectivity index (χ1v) is 6.81. The number of benzene rings is 1. The molecule has 5 nitrogen and oxygen atoms in total. The highest BCUT2D eigenvalue weighted by atomic mass is 19.4. The predicted molar refractivity (Wildman–Crippen MR) is 79.0 cm³/mol. The molecule has 2 aromatic heterocycles. The number of hydrogen-bond donors (Lipinski definition) is 2. The number of fused-ring (bicyclic) bond motifs is 1. The molecule has 0 unspecified atom stereocenters. The number of imidazole rings is 1. The minimum atomic E-state index is -4.37. The first-order valence-electron chi connectivity index (χ1n) is 6.81. The van der Waals surface area contributed by atoms with Gasteiger partial charge in [0.2, 0.25) is 0 Å². The van der Waals surface area contributed by atoms with Crippen molar-refractivity contribution in [3.8, 4) is 11.4 Å². The van der Waals surface area contributed by atoms with Crippen molar-refractivity contribution in [2.75, 3.05) is 0 Å². The fourth-order valence-electron chi connectivity index (χ4n) is 2.19. The van der Waals surface area contributed by atoms with Crippen LogP contribution in [0.3, 0.4) is 0 Å². The van der Waals surface area contributed by atoms with Gasteiger partial charge in [0.05, 0.1) is 11.6 Å². The zero-order valence-electron chi connectivity index (χ0n) is 12.3. The predicted octanol–water partition coefficient (Wildman–Crippen LogP) is 3.15. The van der Waals surface area contributed by atoms with E-state index in [4.69, 9.17) is 0 Å². The molecule has 0 bridgehead atoms. The summed E-state index contributed by atoms with van der Waals surface area (Å²) in [5, 5.41) is 0. The van der Waals surface area contributed by atoms with Crippen LogP contribution in [0, 0.1) is 0 Å². The van der Waals surface area contributed by atoms with E-state index < -0.39 is 17.3 Å². The van der Waals surface area contributed by atoms with Gasteiger partial charge in [-0.2, -0.15) is 18.2 Å². The number of nitrogens with one attached hydrogen (secondary N) is 2. The molecule has 120 valence electrons. The van der Waals surface area contributed by atoms with E-state index >= 15 is 0 Å². The second-order valence-electron chi connectivity index (χ2n) is 5.74. The molecule has 0 radical (unpaired) electrons. The van der Waals surface area contributed by atoms with E-state index in [0.717, 1.165) is 13.8 Å². The Bertz CT molecular complexity index is 924. The van der Waals surface area contributed by atoms with Crippen molar-refractivity contribution in [2.24, 2.45) is 0 Å². The lowest BCUT2D eigenvalue weighted by molar-refractivity contribution is -0.180. The molecule has 2 N–H and O–H groups in total. The summed E-state index contributed by atoms with van der Waals surface area (Å²) < 4.78 is 39.6. The number of aromatic amines is 2. The van der Waals surface area contributed by atoms with Crippen LogP contribution in [0.15, 0.2) is 35.3 Å². The Morgan fingerprint density at radius 2 is 1.87 bits per heavy atom. The topological polar surface area (TPSA) is 74.4 Å². The molecule has 23 heavy (non-hydrogen) atoms. The van der Waals surface area contributed by atoms with Crippen molar-refractivity contribution in [2.45, 2.75) is 25.4 Å². The lowest BCUT2D eigenvalue weighted by Gasteiger charge is -2.28. The second-order valence-corrected chi connectivity index (χ2v) is 5.74. The summed E-state index contributed by atoms with van der Waals surface area (Å²) in [6, 6.07) is 6.07. The number of aromatic nitrogens is 4. The highest BCUT2D eigenvalue weighted by Gasteiger charge is 2.48. The Morgan fingerprint density at radius 3 is 2.57 bits per heavy atom. The fraction of sp³-hybridized carbons (Fsp3) is 0.267. The zero-order chi connectivity index (χ0) is 16.8. The molecule has 0 saturated heterocycles. The Balaban J connectivity index is 2.10. The van der Waals surface area contributed by atoms with Crippen LogP contribution in [-0.2, 0) is 5.41 Å². The largest absolute Gasteiger partial charge is 0.397 e. The van der Waals surface area contributed by atoms with Gasteiger partial charge in [0, 0.05) is 5.56 Å². The van der Waals surface area contributed by atoms with Gasteiger partial charge in [-0.3, -0.25) is 4.98 Å². The van der Waals surface area contributed by atoms with Gasteiger partial charge in [0.25, 0.3) is 0 Å². The minimum absolute atomic E-state index is 0.134. The zero-order valence-corrected chi connectivity index (χ0v) is 12.3. The standard InChI is InChI=1S/C15H13F3N4O/c1-14(2,15(16,17)18)9-5-3-4-8(6-9)11-20-10-7-19-13(23)22-12(10)21-11/h3-7H,1-2H3,(H2,19,20,21,22,23). The summed E-state index contributed by atoms with van der Waals surface area (Å²) in [6.45, 7) is 2.26. The van der Waals surface area contributed by atoms with Crippen LogP contribution < -0.4 is 5.69 Å². The monoisotopic (exact) mass is 322 g/mol. The van der Waals surface area contributed by atoms with Crippen molar-refractivity contribution in [1.29, 1.82) is 0 Å². The van der Waals surface area contributed by atoms with Gasteiger partial charge in [0.1, 0.15) is 11.3 Å². The molecule has 3 rings (SSSR count). The lowest BCUT2D eigenvalue weighted by Crippen LogP contribution is -2.36.